The third-order valence-corrected chi connectivity index (χ3v) is 4.24. The number of rotatable bonds is 10. The van der Waals surface area contributed by atoms with E-state index in [0.29, 0.717) is 0 Å². The third-order valence-electron chi connectivity index (χ3n) is 4.24. The number of fused-ring (bicyclic) bond motifs is 1. The van der Waals surface area contributed by atoms with Gasteiger partial charge in [0.25, 0.3) is 0 Å². The fraction of sp³-hybridized carbons (Fsp3) is 0.579. The summed E-state index contributed by atoms with van der Waals surface area (Å²) < 4.78 is 2.44. The lowest BCUT2D eigenvalue weighted by atomic mass is 10.1. The van der Waals surface area contributed by atoms with Crippen molar-refractivity contribution in [2.45, 2.75) is 65.0 Å². The minimum atomic E-state index is 0.943. The zero-order valence-electron chi connectivity index (χ0n) is 13.7. The summed E-state index contributed by atoms with van der Waals surface area (Å²) in [5.41, 5.74) is 2.82. The highest BCUT2D eigenvalue weighted by Gasteiger charge is 2.05. The molecule has 1 heterocycles. The van der Waals surface area contributed by atoms with E-state index in [1.165, 1.54) is 61.4 Å². The minimum absolute atomic E-state index is 0.943. The van der Waals surface area contributed by atoms with Crippen LogP contribution in [0.1, 0.15) is 57.4 Å². The Balaban J connectivity index is 1.87. The van der Waals surface area contributed by atoms with E-state index < -0.39 is 0 Å². The lowest BCUT2D eigenvalue weighted by Gasteiger charge is -2.10. The summed E-state index contributed by atoms with van der Waals surface area (Å²) in [5.74, 6) is 0. The normalized spacial score (nSPS) is 11.3. The zero-order valence-corrected chi connectivity index (χ0v) is 13.7. The first-order chi connectivity index (χ1) is 10.4. The van der Waals surface area contributed by atoms with Crippen molar-refractivity contribution in [1.82, 2.24) is 9.88 Å². The number of aromatic nitrogens is 1. The van der Waals surface area contributed by atoms with E-state index >= 15 is 0 Å². The lowest BCUT2D eigenvalue weighted by Crippen LogP contribution is -2.07. The van der Waals surface area contributed by atoms with Crippen LogP contribution in [0.2, 0.25) is 0 Å². The molecule has 1 aromatic carbocycles. The molecule has 0 aliphatic carbocycles. The Bertz CT molecular complexity index is 527. The van der Waals surface area contributed by atoms with Crippen molar-refractivity contribution in [2.24, 2.45) is 0 Å². The van der Waals surface area contributed by atoms with Gasteiger partial charge in [0.15, 0.2) is 0 Å². The SMILES string of the molecule is CCCCCCCCCn1ccc2cccc(CNC)c21. The highest BCUT2D eigenvalue weighted by atomic mass is 15.0. The van der Waals surface area contributed by atoms with E-state index in [9.17, 15) is 0 Å². The number of nitrogens with zero attached hydrogens (tertiary/aromatic N) is 1. The molecule has 116 valence electrons. The molecule has 0 aliphatic heterocycles. The molecule has 0 bridgehead atoms. The van der Waals surface area contributed by atoms with E-state index in [0.717, 1.165) is 13.1 Å². The number of aryl methyl sites for hydroxylation is 1. The topological polar surface area (TPSA) is 17.0 Å². The van der Waals surface area contributed by atoms with Crippen LogP contribution in [0.25, 0.3) is 10.9 Å². The Morgan fingerprint density at radius 3 is 2.48 bits per heavy atom. The fourth-order valence-corrected chi connectivity index (χ4v) is 3.10. The standard InChI is InChI=1S/C19H30N2/c1-3-4-5-6-7-8-9-14-21-15-13-17-11-10-12-18(16-20-2)19(17)21/h10-13,15,20H,3-9,14,16H2,1-2H3. The number of nitrogens with one attached hydrogen (secondary N) is 1. The van der Waals surface area contributed by atoms with E-state index in [1.54, 1.807) is 0 Å². The van der Waals surface area contributed by atoms with Gasteiger partial charge in [-0.15, -0.1) is 0 Å². The molecule has 0 amide bonds. The van der Waals surface area contributed by atoms with Crippen LogP contribution in [0.15, 0.2) is 30.5 Å². The lowest BCUT2D eigenvalue weighted by molar-refractivity contribution is 0.555. The van der Waals surface area contributed by atoms with Crippen molar-refractivity contribution in [1.29, 1.82) is 0 Å². The van der Waals surface area contributed by atoms with E-state index in [2.05, 4.69) is 47.3 Å². The highest BCUT2D eigenvalue weighted by molar-refractivity contribution is 5.83. The van der Waals surface area contributed by atoms with Gasteiger partial charge in [-0.1, -0.05) is 63.6 Å². The van der Waals surface area contributed by atoms with Gasteiger partial charge < -0.3 is 9.88 Å². The Kier molecular flexibility index (Phi) is 6.81. The number of hydrogen-bond acceptors (Lipinski definition) is 1. The van der Waals surface area contributed by atoms with Gasteiger partial charge in [-0.25, -0.2) is 0 Å². The van der Waals surface area contributed by atoms with Crippen molar-refractivity contribution in [3.8, 4) is 0 Å². The van der Waals surface area contributed by atoms with Crippen LogP contribution in [-0.4, -0.2) is 11.6 Å². The molecule has 0 unspecified atom stereocenters. The average molecular weight is 286 g/mol. The van der Waals surface area contributed by atoms with Crippen molar-refractivity contribution in [3.05, 3.63) is 36.0 Å². The summed E-state index contributed by atoms with van der Waals surface area (Å²) in [5, 5.41) is 4.64. The Morgan fingerprint density at radius 2 is 1.71 bits per heavy atom. The largest absolute Gasteiger partial charge is 0.347 e. The van der Waals surface area contributed by atoms with E-state index in [1.807, 2.05) is 7.05 Å². The van der Waals surface area contributed by atoms with E-state index in [4.69, 9.17) is 0 Å². The second kappa shape index (κ2) is 8.89. The molecular weight excluding hydrogens is 256 g/mol. The highest BCUT2D eigenvalue weighted by Crippen LogP contribution is 2.21. The van der Waals surface area contributed by atoms with Crippen LogP contribution >= 0.6 is 0 Å². The third kappa shape index (κ3) is 4.60. The first-order valence-electron chi connectivity index (χ1n) is 8.58. The maximum absolute atomic E-state index is 3.28. The number of benzene rings is 1. The van der Waals surface area contributed by atoms with E-state index in [-0.39, 0.29) is 0 Å². The second-order valence-corrected chi connectivity index (χ2v) is 6.02. The van der Waals surface area contributed by atoms with Gasteiger partial charge in [-0.05, 0) is 30.5 Å². The van der Waals surface area contributed by atoms with Gasteiger partial charge in [0, 0.05) is 19.3 Å². The van der Waals surface area contributed by atoms with Crippen LogP contribution in [0.4, 0.5) is 0 Å². The van der Waals surface area contributed by atoms with Crippen LogP contribution < -0.4 is 5.32 Å². The maximum Gasteiger partial charge on any atom is 0.0525 e. The first kappa shape index (κ1) is 16.1. The van der Waals surface area contributed by atoms with Gasteiger partial charge in [0.05, 0.1) is 5.52 Å². The average Bonchev–Trinajstić information content (AvgIpc) is 2.91. The van der Waals surface area contributed by atoms with Crippen molar-refractivity contribution >= 4 is 10.9 Å². The van der Waals surface area contributed by atoms with Gasteiger partial charge >= 0.3 is 0 Å². The van der Waals surface area contributed by atoms with Crippen LogP contribution in [0, 0.1) is 0 Å². The van der Waals surface area contributed by atoms with Crippen LogP contribution in [-0.2, 0) is 13.1 Å². The zero-order chi connectivity index (χ0) is 14.9. The minimum Gasteiger partial charge on any atom is -0.347 e. The molecule has 0 fully saturated rings. The van der Waals surface area contributed by atoms with Crippen molar-refractivity contribution in [3.63, 3.8) is 0 Å². The molecule has 0 radical (unpaired) electrons. The summed E-state index contributed by atoms with van der Waals surface area (Å²) >= 11 is 0. The molecule has 0 aliphatic rings. The Labute approximate surface area is 129 Å². The van der Waals surface area contributed by atoms with Gasteiger partial charge in [0.2, 0.25) is 0 Å². The number of hydrogen-bond donors (Lipinski definition) is 1. The van der Waals surface area contributed by atoms with Crippen molar-refractivity contribution < 1.29 is 0 Å². The summed E-state index contributed by atoms with van der Waals surface area (Å²) in [6.07, 6.45) is 11.9. The maximum atomic E-state index is 3.28. The van der Waals surface area contributed by atoms with Gasteiger partial charge in [-0.3, -0.25) is 0 Å². The molecule has 1 aromatic heterocycles. The molecule has 1 N–H and O–H groups in total. The summed E-state index contributed by atoms with van der Waals surface area (Å²) in [4.78, 5) is 0. The predicted molar refractivity (Wildman–Crippen MR) is 92.7 cm³/mol. The van der Waals surface area contributed by atoms with Crippen LogP contribution in [0.5, 0.6) is 0 Å². The molecular formula is C19H30N2. The smallest absolute Gasteiger partial charge is 0.0525 e. The second-order valence-electron chi connectivity index (χ2n) is 6.02. The fourth-order valence-electron chi connectivity index (χ4n) is 3.10. The summed E-state index contributed by atoms with van der Waals surface area (Å²) in [7, 11) is 2.02. The number of para-hydroxylation sites is 1. The van der Waals surface area contributed by atoms with Gasteiger partial charge in [0.1, 0.15) is 0 Å². The molecule has 0 atom stereocenters. The quantitative estimate of drug-likeness (QED) is 0.600. The summed E-state index contributed by atoms with van der Waals surface area (Å²) in [6.45, 7) is 4.37. The molecule has 0 saturated heterocycles. The molecule has 2 nitrogen and oxygen atoms in total. The monoisotopic (exact) mass is 286 g/mol. The Morgan fingerprint density at radius 1 is 0.952 bits per heavy atom. The Hall–Kier alpha value is -1.28. The summed E-state index contributed by atoms with van der Waals surface area (Å²) in [6, 6.07) is 8.86. The molecule has 21 heavy (non-hydrogen) atoms. The predicted octanol–water partition coefficient (Wildman–Crippen LogP) is 5.11. The van der Waals surface area contributed by atoms with Crippen molar-refractivity contribution in [2.75, 3.05) is 7.05 Å². The molecule has 0 saturated carbocycles. The molecule has 0 spiro atoms. The molecule has 2 aromatic rings. The first-order valence-corrected chi connectivity index (χ1v) is 8.58. The number of unbranched alkanes of at least 4 members (excludes halogenated alkanes) is 6. The van der Waals surface area contributed by atoms with Gasteiger partial charge in [-0.2, -0.15) is 0 Å². The molecule has 2 heteroatoms. The molecule has 2 rings (SSSR count). The van der Waals surface area contributed by atoms with Crippen LogP contribution in [0.3, 0.4) is 0 Å².